The van der Waals surface area contributed by atoms with Gasteiger partial charge < -0.3 is 15.5 Å². The molecule has 17 heteroatoms. The third kappa shape index (κ3) is 7.62. The first-order valence-electron chi connectivity index (χ1n) is 22.1. The van der Waals surface area contributed by atoms with Crippen LogP contribution in [0, 0.1) is 17.8 Å². The minimum Gasteiger partial charge on any atom is -0.385 e. The zero-order valence-corrected chi connectivity index (χ0v) is 35.5. The van der Waals surface area contributed by atoms with Crippen LogP contribution in [0.25, 0.3) is 16.7 Å². The van der Waals surface area contributed by atoms with Gasteiger partial charge in [0.2, 0.25) is 11.8 Å². The average molecular weight is 860 g/mol. The fourth-order valence-electron chi connectivity index (χ4n) is 10.2. The summed E-state index contributed by atoms with van der Waals surface area (Å²) in [4.78, 5) is 61.2. The summed E-state index contributed by atoms with van der Waals surface area (Å²) in [5, 5.41) is 13.5. The quantitative estimate of drug-likeness (QED) is 0.144. The highest BCUT2D eigenvalue weighted by Crippen LogP contribution is 2.39. The van der Waals surface area contributed by atoms with Crippen LogP contribution in [0.3, 0.4) is 0 Å². The van der Waals surface area contributed by atoms with Crippen molar-refractivity contribution in [2.24, 2.45) is 13.0 Å². The molecule has 3 aromatic heterocycles. The number of nitrogens with one attached hydrogen (secondary N) is 3. The second kappa shape index (κ2) is 16.2. The number of aryl methyl sites for hydroxylation is 1. The predicted octanol–water partition coefficient (Wildman–Crippen LogP) is 4.35. The zero-order valence-electron chi connectivity index (χ0n) is 35.5. The molecule has 328 valence electrons. The van der Waals surface area contributed by atoms with Crippen molar-refractivity contribution in [1.29, 1.82) is 0 Å². The molecule has 1 saturated carbocycles. The number of nitrogens with zero attached hydrogens (tertiary/aromatic N) is 8. The number of alkyl halides is 2. The van der Waals surface area contributed by atoms with Gasteiger partial charge in [-0.25, -0.2) is 23.1 Å². The van der Waals surface area contributed by atoms with Gasteiger partial charge in [-0.2, -0.15) is 0 Å². The first kappa shape index (κ1) is 40.9. The van der Waals surface area contributed by atoms with E-state index < -0.39 is 23.9 Å². The predicted molar refractivity (Wildman–Crippen MR) is 233 cm³/mol. The van der Waals surface area contributed by atoms with E-state index in [0.29, 0.717) is 79.3 Å². The van der Waals surface area contributed by atoms with E-state index in [4.69, 9.17) is 5.10 Å². The fraction of sp³-hybridized carbons (Fsp3) is 0.478. The minimum absolute atomic E-state index is 0.166. The molecule has 2 aromatic carbocycles. The number of likely N-dealkylation sites (tertiary alicyclic amines) is 2. The maximum absolute atomic E-state index is 16.1. The Morgan fingerprint density at radius 2 is 1.79 bits per heavy atom. The van der Waals surface area contributed by atoms with Crippen molar-refractivity contribution in [2.45, 2.75) is 88.4 Å². The first-order chi connectivity index (χ1) is 30.5. The summed E-state index contributed by atoms with van der Waals surface area (Å²) in [6, 6.07) is 12.1. The van der Waals surface area contributed by atoms with E-state index in [-0.39, 0.29) is 48.9 Å². The van der Waals surface area contributed by atoms with Crippen molar-refractivity contribution in [2.75, 3.05) is 50.0 Å². The summed E-state index contributed by atoms with van der Waals surface area (Å²) in [5.74, 6) is 3.62. The molecule has 5 aromatic rings. The van der Waals surface area contributed by atoms with Crippen molar-refractivity contribution in [3.63, 3.8) is 0 Å². The maximum Gasteiger partial charge on any atom is 0.329 e. The van der Waals surface area contributed by atoms with Crippen LogP contribution in [0.15, 0.2) is 53.5 Å². The van der Waals surface area contributed by atoms with E-state index in [2.05, 4.69) is 43.7 Å². The van der Waals surface area contributed by atoms with E-state index >= 15 is 8.78 Å². The van der Waals surface area contributed by atoms with Crippen LogP contribution in [-0.2, 0) is 29.6 Å². The maximum atomic E-state index is 16.1. The van der Waals surface area contributed by atoms with Crippen molar-refractivity contribution >= 4 is 51.6 Å². The molecule has 0 bridgehead atoms. The van der Waals surface area contributed by atoms with Gasteiger partial charge in [0.05, 0.1) is 41.1 Å². The Morgan fingerprint density at radius 3 is 2.56 bits per heavy atom. The molecule has 15 nitrogen and oxygen atoms in total. The number of amides is 3. The third-order valence-corrected chi connectivity index (χ3v) is 13.6. The van der Waals surface area contributed by atoms with Gasteiger partial charge >= 0.3 is 5.69 Å². The number of benzene rings is 2. The Balaban J connectivity index is 0.766. The summed E-state index contributed by atoms with van der Waals surface area (Å²) in [7, 11) is 3.48. The number of hydrogen-bond acceptors (Lipinski definition) is 10. The molecule has 10 rings (SSSR count). The number of aromatic nitrogens is 5. The van der Waals surface area contributed by atoms with E-state index in [1.54, 1.807) is 23.8 Å². The van der Waals surface area contributed by atoms with Gasteiger partial charge in [-0.1, -0.05) is 30.0 Å². The fourth-order valence-corrected chi connectivity index (χ4v) is 10.2. The molecule has 3 saturated heterocycles. The molecule has 7 heterocycles. The van der Waals surface area contributed by atoms with Gasteiger partial charge in [0.25, 0.3) is 11.8 Å². The number of anilines is 3. The Morgan fingerprint density at radius 1 is 0.984 bits per heavy atom. The van der Waals surface area contributed by atoms with Gasteiger partial charge in [0.15, 0.2) is 17.2 Å². The van der Waals surface area contributed by atoms with E-state index in [1.807, 2.05) is 47.2 Å². The highest BCUT2D eigenvalue weighted by Gasteiger charge is 2.48. The molecule has 0 radical (unpaired) electrons. The number of imidazole rings is 2. The Bertz CT molecular complexity index is 2770. The Labute approximate surface area is 362 Å². The monoisotopic (exact) mass is 859 g/mol. The number of imide groups is 1. The molecule has 5 aliphatic rings. The number of fused-ring (bicyclic) bond motifs is 3. The number of carbonyl (C=O) groups excluding carboxylic acids is 3. The second-order valence-electron chi connectivity index (χ2n) is 17.7. The highest BCUT2D eigenvalue weighted by molar-refractivity contribution is 6.00. The van der Waals surface area contributed by atoms with Crippen molar-refractivity contribution in [3.05, 3.63) is 81.5 Å². The summed E-state index contributed by atoms with van der Waals surface area (Å²) in [5.41, 5.74) is 6.42. The largest absolute Gasteiger partial charge is 0.385 e. The molecule has 1 aliphatic carbocycles. The summed E-state index contributed by atoms with van der Waals surface area (Å²) >= 11 is 0. The molecule has 2 atom stereocenters. The summed E-state index contributed by atoms with van der Waals surface area (Å²) in [6.45, 7) is 2.57. The van der Waals surface area contributed by atoms with Crippen LogP contribution in [-0.4, -0.2) is 109 Å². The molecular weight excluding hydrogens is 809 g/mol. The third-order valence-electron chi connectivity index (χ3n) is 13.6. The number of piperidine rings is 3. The Hall–Kier alpha value is -6.12. The summed E-state index contributed by atoms with van der Waals surface area (Å²) < 4.78 is 36.8. The zero-order chi connectivity index (χ0) is 43.6. The van der Waals surface area contributed by atoms with Crippen molar-refractivity contribution in [1.82, 2.24) is 44.2 Å². The van der Waals surface area contributed by atoms with E-state index in [9.17, 15) is 19.2 Å². The number of rotatable bonds is 9. The summed E-state index contributed by atoms with van der Waals surface area (Å²) in [6.07, 6.45) is 7.24. The van der Waals surface area contributed by atoms with Crippen LogP contribution >= 0.6 is 0 Å². The number of hydrogen-bond donors (Lipinski definition) is 3. The topological polar surface area (TPSA) is 154 Å². The van der Waals surface area contributed by atoms with Crippen molar-refractivity contribution in [3.8, 4) is 11.8 Å². The van der Waals surface area contributed by atoms with Crippen LogP contribution < -0.4 is 26.5 Å². The van der Waals surface area contributed by atoms with Gasteiger partial charge in [0.1, 0.15) is 6.04 Å². The standard InChI is InChI=1S/C46H51F2N11O4/c1-49-33-24-39(53-59-37(25-50-42(33)59)44(62)51-31-12-13-31)57-23-18-32-30(9-5-10-34(32)57)26-55-20-19-38(46(47,48)27-55)56-21-16-28(17-22-56)6-3-7-29-8-4-11-35-41(29)54(2)45(63)58(35)36-14-15-40(60)52-43(36)61/h4-5,8-11,24-25,28,31,36,38,49H,6,12-23,26-27H2,1-2H3,(H,51,62)(H,52,60,61). The average Bonchev–Trinajstić information content (AvgIpc) is 3.69. The molecule has 0 spiro atoms. The van der Waals surface area contributed by atoms with Crippen LogP contribution in [0.5, 0.6) is 0 Å². The molecule has 2 unspecified atom stereocenters. The van der Waals surface area contributed by atoms with E-state index in [0.717, 1.165) is 54.6 Å². The lowest BCUT2D eigenvalue weighted by atomic mass is 9.90. The lowest BCUT2D eigenvalue weighted by Gasteiger charge is -2.45. The van der Waals surface area contributed by atoms with Gasteiger partial charge in [0, 0.05) is 64.4 Å². The molecular formula is C46H51F2N11O4. The molecule has 3 amide bonds. The highest BCUT2D eigenvalue weighted by atomic mass is 19.3. The molecule has 4 aliphatic heterocycles. The molecule has 4 fully saturated rings. The lowest BCUT2D eigenvalue weighted by Crippen LogP contribution is -2.59. The number of carbonyl (C=O) groups is 3. The second-order valence-corrected chi connectivity index (χ2v) is 17.7. The normalized spacial score (nSPS) is 21.9. The smallest absolute Gasteiger partial charge is 0.329 e. The Kier molecular flexibility index (Phi) is 10.5. The van der Waals surface area contributed by atoms with Gasteiger partial charge in [-0.15, -0.1) is 5.10 Å². The van der Waals surface area contributed by atoms with Crippen LogP contribution in [0.2, 0.25) is 0 Å². The van der Waals surface area contributed by atoms with Crippen LogP contribution in [0.1, 0.15) is 84.6 Å². The van der Waals surface area contributed by atoms with Crippen LogP contribution in [0.4, 0.5) is 26.0 Å². The lowest BCUT2D eigenvalue weighted by molar-refractivity contribution is -0.135. The van der Waals surface area contributed by atoms with E-state index in [1.165, 1.54) is 9.13 Å². The SMILES string of the molecule is CNc1cc(N2CCc3c(CN4CCC(N5CCC(CC#Cc6cccc7c6n(C)c(=O)n7C6CCC(=O)NC6=O)CC5)C(F)(F)C4)cccc32)nn2c(C(=O)NC3CC3)cnc12. The first-order valence-corrected chi connectivity index (χ1v) is 22.1. The van der Waals surface area contributed by atoms with Gasteiger partial charge in [-0.05, 0) is 93.3 Å². The minimum atomic E-state index is -2.87. The van der Waals surface area contributed by atoms with Crippen molar-refractivity contribution < 1.29 is 23.2 Å². The molecule has 63 heavy (non-hydrogen) atoms. The number of halogens is 2. The van der Waals surface area contributed by atoms with Gasteiger partial charge in [-0.3, -0.25) is 38.6 Å². The molecule has 3 N–H and O–H groups in total. The number of para-hydroxylation sites is 1.